The summed E-state index contributed by atoms with van der Waals surface area (Å²) in [6.45, 7) is 7.49. The molecule has 29 heavy (non-hydrogen) atoms. The van der Waals surface area contributed by atoms with Gasteiger partial charge < -0.3 is 9.80 Å². The SMILES string of the molecule is CCCCN(CCCC)c1ccc(C(=O)C=Cc2cccc(CN(C)C)c2)cc1. The molecule has 0 aliphatic rings. The molecule has 0 fully saturated rings. The molecule has 3 nitrogen and oxygen atoms in total. The third kappa shape index (κ3) is 7.86. The number of hydrogen-bond acceptors (Lipinski definition) is 3. The van der Waals surface area contributed by atoms with Crippen LogP contribution in [0.25, 0.3) is 6.08 Å². The standard InChI is InChI=1S/C26H36N2O/c1-5-7-18-28(19-8-6-2)25-15-13-24(14-16-25)26(29)17-12-22-10-9-11-23(20-22)21-27(3)4/h9-17,20H,5-8,18-19,21H2,1-4H3. The molecular formula is C26H36N2O. The number of allylic oxidation sites excluding steroid dienone is 1. The van der Waals surface area contributed by atoms with Crippen molar-refractivity contribution < 1.29 is 4.79 Å². The van der Waals surface area contributed by atoms with Crippen molar-refractivity contribution in [3.05, 3.63) is 71.3 Å². The van der Waals surface area contributed by atoms with Gasteiger partial charge in [0, 0.05) is 30.9 Å². The molecule has 0 radical (unpaired) electrons. The van der Waals surface area contributed by atoms with E-state index in [-0.39, 0.29) is 5.78 Å². The zero-order valence-electron chi connectivity index (χ0n) is 18.5. The molecule has 2 rings (SSSR count). The van der Waals surface area contributed by atoms with Crippen LogP contribution < -0.4 is 4.90 Å². The zero-order chi connectivity index (χ0) is 21.1. The van der Waals surface area contributed by atoms with Crippen molar-refractivity contribution in [3.63, 3.8) is 0 Å². The number of carbonyl (C=O) groups is 1. The lowest BCUT2D eigenvalue weighted by molar-refractivity contribution is 0.104. The number of nitrogens with zero attached hydrogens (tertiary/aromatic N) is 2. The largest absolute Gasteiger partial charge is 0.372 e. The lowest BCUT2D eigenvalue weighted by Gasteiger charge is -2.24. The van der Waals surface area contributed by atoms with E-state index < -0.39 is 0 Å². The molecule has 0 saturated carbocycles. The van der Waals surface area contributed by atoms with E-state index in [2.05, 4.69) is 62.0 Å². The molecule has 0 atom stereocenters. The molecule has 0 aliphatic carbocycles. The third-order valence-corrected chi connectivity index (χ3v) is 4.96. The minimum atomic E-state index is 0.0447. The van der Waals surface area contributed by atoms with Gasteiger partial charge in [-0.15, -0.1) is 0 Å². The summed E-state index contributed by atoms with van der Waals surface area (Å²) >= 11 is 0. The number of unbranched alkanes of at least 4 members (excludes halogenated alkanes) is 2. The molecule has 0 aliphatic heterocycles. The molecule has 0 saturated heterocycles. The molecular weight excluding hydrogens is 356 g/mol. The van der Waals surface area contributed by atoms with Crippen LogP contribution in [0.3, 0.4) is 0 Å². The number of carbonyl (C=O) groups excluding carboxylic acids is 1. The van der Waals surface area contributed by atoms with E-state index in [9.17, 15) is 4.79 Å². The average Bonchev–Trinajstić information content (AvgIpc) is 2.72. The first-order valence-electron chi connectivity index (χ1n) is 10.8. The van der Waals surface area contributed by atoms with Crippen LogP contribution in [0.15, 0.2) is 54.6 Å². The topological polar surface area (TPSA) is 23.6 Å². The van der Waals surface area contributed by atoms with Crippen LogP contribution in [0.1, 0.15) is 61.0 Å². The summed E-state index contributed by atoms with van der Waals surface area (Å²) in [7, 11) is 4.11. The van der Waals surface area contributed by atoms with E-state index in [4.69, 9.17) is 0 Å². The predicted octanol–water partition coefficient (Wildman–Crippen LogP) is 6.05. The van der Waals surface area contributed by atoms with Crippen LogP contribution in [-0.4, -0.2) is 37.9 Å². The predicted molar refractivity (Wildman–Crippen MR) is 126 cm³/mol. The first-order valence-corrected chi connectivity index (χ1v) is 10.8. The van der Waals surface area contributed by atoms with Gasteiger partial charge in [-0.05, 0) is 68.4 Å². The normalized spacial score (nSPS) is 11.3. The fraction of sp³-hybridized carbons (Fsp3) is 0.423. The first-order chi connectivity index (χ1) is 14.0. The molecule has 156 valence electrons. The fourth-order valence-corrected chi connectivity index (χ4v) is 3.33. The summed E-state index contributed by atoms with van der Waals surface area (Å²) in [4.78, 5) is 17.2. The Labute approximate surface area is 177 Å². The number of ketones is 1. The van der Waals surface area contributed by atoms with Gasteiger partial charge in [0.25, 0.3) is 0 Å². The van der Waals surface area contributed by atoms with Gasteiger partial charge in [-0.2, -0.15) is 0 Å². The van der Waals surface area contributed by atoms with Crippen LogP contribution >= 0.6 is 0 Å². The lowest BCUT2D eigenvalue weighted by atomic mass is 10.1. The molecule has 3 heteroatoms. The van der Waals surface area contributed by atoms with Crippen LogP contribution in [-0.2, 0) is 6.54 Å². The van der Waals surface area contributed by atoms with Gasteiger partial charge >= 0.3 is 0 Å². The number of benzene rings is 2. The van der Waals surface area contributed by atoms with Crippen LogP contribution in [0, 0.1) is 0 Å². The maximum atomic E-state index is 12.6. The minimum Gasteiger partial charge on any atom is -0.372 e. The van der Waals surface area contributed by atoms with E-state index >= 15 is 0 Å². The van der Waals surface area contributed by atoms with Gasteiger partial charge in [0.15, 0.2) is 5.78 Å². The molecule has 0 spiro atoms. The van der Waals surface area contributed by atoms with Gasteiger partial charge in [0.05, 0.1) is 0 Å². The van der Waals surface area contributed by atoms with Crippen LogP contribution in [0.2, 0.25) is 0 Å². The molecule has 2 aromatic carbocycles. The van der Waals surface area contributed by atoms with Crippen molar-refractivity contribution >= 4 is 17.5 Å². The smallest absolute Gasteiger partial charge is 0.185 e. The number of rotatable bonds is 12. The summed E-state index contributed by atoms with van der Waals surface area (Å²) in [6.07, 6.45) is 8.36. The van der Waals surface area contributed by atoms with E-state index in [1.54, 1.807) is 6.08 Å². The van der Waals surface area contributed by atoms with Crippen molar-refractivity contribution in [1.29, 1.82) is 0 Å². The Balaban J connectivity index is 2.04. The van der Waals surface area contributed by atoms with E-state index in [0.717, 1.165) is 30.8 Å². The molecule has 0 unspecified atom stereocenters. The molecule has 0 heterocycles. The molecule has 2 aromatic rings. The van der Waals surface area contributed by atoms with E-state index in [1.165, 1.54) is 36.9 Å². The van der Waals surface area contributed by atoms with E-state index in [0.29, 0.717) is 0 Å². The van der Waals surface area contributed by atoms with Gasteiger partial charge in [0.1, 0.15) is 0 Å². The Morgan fingerprint density at radius 1 is 0.931 bits per heavy atom. The van der Waals surface area contributed by atoms with Crippen molar-refractivity contribution in [2.45, 2.75) is 46.1 Å². The van der Waals surface area contributed by atoms with Gasteiger partial charge in [-0.3, -0.25) is 4.79 Å². The van der Waals surface area contributed by atoms with Crippen molar-refractivity contribution in [3.8, 4) is 0 Å². The van der Waals surface area contributed by atoms with Gasteiger partial charge in [-0.25, -0.2) is 0 Å². The molecule has 0 aromatic heterocycles. The molecule has 0 amide bonds. The van der Waals surface area contributed by atoms with Crippen molar-refractivity contribution in [2.75, 3.05) is 32.1 Å². The summed E-state index contributed by atoms with van der Waals surface area (Å²) in [5, 5.41) is 0. The minimum absolute atomic E-state index is 0.0447. The summed E-state index contributed by atoms with van der Waals surface area (Å²) in [6, 6.07) is 16.4. The second-order valence-electron chi connectivity index (χ2n) is 7.92. The van der Waals surface area contributed by atoms with Gasteiger partial charge in [-0.1, -0.05) is 57.0 Å². The Kier molecular flexibility index (Phi) is 9.66. The summed E-state index contributed by atoms with van der Waals surface area (Å²) < 4.78 is 0. The van der Waals surface area contributed by atoms with Gasteiger partial charge in [0.2, 0.25) is 0 Å². The number of hydrogen-bond donors (Lipinski definition) is 0. The Hall–Kier alpha value is -2.39. The monoisotopic (exact) mass is 392 g/mol. The average molecular weight is 393 g/mol. The fourth-order valence-electron chi connectivity index (χ4n) is 3.33. The molecule has 0 bridgehead atoms. The highest BCUT2D eigenvalue weighted by Crippen LogP contribution is 2.18. The maximum absolute atomic E-state index is 12.6. The first kappa shape index (κ1) is 22.9. The Bertz CT molecular complexity index is 770. The van der Waals surface area contributed by atoms with E-state index in [1.807, 2.05) is 30.3 Å². The Morgan fingerprint density at radius 2 is 1.59 bits per heavy atom. The van der Waals surface area contributed by atoms with Crippen molar-refractivity contribution in [1.82, 2.24) is 4.90 Å². The second kappa shape index (κ2) is 12.2. The summed E-state index contributed by atoms with van der Waals surface area (Å²) in [5.74, 6) is 0.0447. The highest BCUT2D eigenvalue weighted by atomic mass is 16.1. The Morgan fingerprint density at radius 3 is 2.17 bits per heavy atom. The quantitative estimate of drug-likeness (QED) is 0.324. The van der Waals surface area contributed by atoms with Crippen LogP contribution in [0.4, 0.5) is 5.69 Å². The highest BCUT2D eigenvalue weighted by Gasteiger charge is 2.07. The highest BCUT2D eigenvalue weighted by molar-refractivity contribution is 6.07. The van der Waals surface area contributed by atoms with Crippen LogP contribution in [0.5, 0.6) is 0 Å². The second-order valence-corrected chi connectivity index (χ2v) is 7.92. The maximum Gasteiger partial charge on any atom is 0.185 e. The number of anilines is 1. The van der Waals surface area contributed by atoms with Crippen molar-refractivity contribution in [2.24, 2.45) is 0 Å². The third-order valence-electron chi connectivity index (χ3n) is 4.96. The zero-order valence-corrected chi connectivity index (χ0v) is 18.5. The lowest BCUT2D eigenvalue weighted by Crippen LogP contribution is -2.25. The molecule has 0 N–H and O–H groups in total. The summed E-state index contributed by atoms with van der Waals surface area (Å²) in [5.41, 5.74) is 4.25.